The molecule has 0 saturated heterocycles. The number of rotatable bonds is 3. The van der Waals surface area contributed by atoms with Crippen molar-refractivity contribution in [2.75, 3.05) is 6.16 Å². The molecule has 60 valence electrons. The van der Waals surface area contributed by atoms with Crippen molar-refractivity contribution in [1.29, 1.82) is 0 Å². The van der Waals surface area contributed by atoms with Crippen molar-refractivity contribution < 1.29 is 0 Å². The molecule has 3 atom stereocenters. The van der Waals surface area contributed by atoms with Crippen LogP contribution in [0.1, 0.15) is 34.6 Å². The molecule has 3 unspecified atom stereocenters. The van der Waals surface area contributed by atoms with Gasteiger partial charge in [0.05, 0.1) is 0 Å². The first-order valence-corrected chi connectivity index (χ1v) is 4.25. The maximum Gasteiger partial charge on any atom is -0.0264 e. The Morgan fingerprint density at radius 3 is 1.89 bits per heavy atom. The molecule has 0 fully saturated rings. The largest absolute Gasteiger partial charge is 0.138 e. The van der Waals surface area contributed by atoms with Gasteiger partial charge < -0.3 is 0 Å². The topological polar surface area (TPSA) is 0 Å². The minimum absolute atomic E-state index is 0. The third kappa shape index (κ3) is 12.1. The fourth-order valence-electron chi connectivity index (χ4n) is 0.418. The van der Waals surface area contributed by atoms with E-state index in [9.17, 15) is 0 Å². The van der Waals surface area contributed by atoms with Gasteiger partial charge in [-0.3, -0.25) is 0 Å². The van der Waals surface area contributed by atoms with E-state index in [1.807, 2.05) is 0 Å². The Balaban J connectivity index is -0.000000180. The molecule has 0 radical (unpaired) electrons. The van der Waals surface area contributed by atoms with E-state index < -0.39 is 0 Å². The molecular weight excluding hydrogens is 146 g/mol. The summed E-state index contributed by atoms with van der Waals surface area (Å²) >= 11 is 0. The fourth-order valence-corrected chi connectivity index (χ4v) is 1.42. The molecular formula is C7H22P2. The van der Waals surface area contributed by atoms with Crippen LogP contribution in [0.3, 0.4) is 0 Å². The average molecular weight is 168 g/mol. The van der Waals surface area contributed by atoms with Gasteiger partial charge in [0.2, 0.25) is 0 Å². The zero-order valence-electron chi connectivity index (χ0n) is 4.85. The molecule has 0 amide bonds. The van der Waals surface area contributed by atoms with E-state index in [1.165, 1.54) is 19.0 Å². The lowest BCUT2D eigenvalue weighted by Gasteiger charge is -2.02. The lowest BCUT2D eigenvalue weighted by Crippen LogP contribution is -1.93. The zero-order chi connectivity index (χ0) is 5.70. The molecule has 0 aromatic carbocycles. The van der Waals surface area contributed by atoms with Gasteiger partial charge in [0.25, 0.3) is 0 Å². The first-order chi connectivity index (χ1) is 3.31. The highest BCUT2D eigenvalue weighted by atomic mass is 31.0. The van der Waals surface area contributed by atoms with Gasteiger partial charge in [0.15, 0.2) is 0 Å². The van der Waals surface area contributed by atoms with Crippen molar-refractivity contribution >= 4 is 18.5 Å². The first kappa shape index (κ1) is 16.4. The molecule has 0 N–H and O–H groups in total. The van der Waals surface area contributed by atoms with Gasteiger partial charge in [-0.1, -0.05) is 21.8 Å². The second-order valence-corrected chi connectivity index (χ2v) is 3.27. The molecule has 0 heterocycles. The van der Waals surface area contributed by atoms with E-state index in [-0.39, 0.29) is 14.9 Å². The zero-order valence-corrected chi connectivity index (χ0v) is 7.16. The molecule has 0 saturated carbocycles. The summed E-state index contributed by atoms with van der Waals surface area (Å²) in [5, 5.41) is 0. The standard InChI is InChI=1S/C5H14P2.2CH4/c1-2-5(7)3-4-6;;/h5H,2-4,6-7H2,1H3;2*1H4. The Morgan fingerprint density at radius 2 is 1.78 bits per heavy atom. The molecule has 0 aliphatic carbocycles. The van der Waals surface area contributed by atoms with E-state index in [1.54, 1.807) is 0 Å². The van der Waals surface area contributed by atoms with Gasteiger partial charge in [-0.05, 0) is 24.7 Å². The minimum Gasteiger partial charge on any atom is -0.138 e. The van der Waals surface area contributed by atoms with Crippen LogP contribution in [0.5, 0.6) is 0 Å². The highest BCUT2D eigenvalue weighted by Gasteiger charge is 1.92. The van der Waals surface area contributed by atoms with E-state index >= 15 is 0 Å². The molecule has 0 rings (SSSR count). The van der Waals surface area contributed by atoms with Crippen LogP contribution in [-0.4, -0.2) is 11.8 Å². The quantitative estimate of drug-likeness (QED) is 0.568. The molecule has 0 aromatic rings. The Labute approximate surface area is 65.6 Å². The third-order valence-corrected chi connectivity index (χ3v) is 2.20. The van der Waals surface area contributed by atoms with Gasteiger partial charge in [-0.2, -0.15) is 0 Å². The highest BCUT2D eigenvalue weighted by Crippen LogP contribution is 2.09. The van der Waals surface area contributed by atoms with Crippen LogP contribution in [0.25, 0.3) is 0 Å². The Kier molecular flexibility index (Phi) is 21.3. The lowest BCUT2D eigenvalue weighted by atomic mass is 10.3. The SMILES string of the molecule is C.C.CCC(P)CCP. The smallest absolute Gasteiger partial charge is 0.0264 e. The van der Waals surface area contributed by atoms with Crippen LogP contribution < -0.4 is 0 Å². The summed E-state index contributed by atoms with van der Waals surface area (Å²) in [4.78, 5) is 0. The predicted molar refractivity (Wildman–Crippen MR) is 56.4 cm³/mol. The second kappa shape index (κ2) is 11.6. The van der Waals surface area contributed by atoms with Crippen LogP contribution >= 0.6 is 18.5 Å². The van der Waals surface area contributed by atoms with E-state index in [4.69, 9.17) is 0 Å². The van der Waals surface area contributed by atoms with Crippen molar-refractivity contribution in [3.63, 3.8) is 0 Å². The minimum atomic E-state index is 0. The van der Waals surface area contributed by atoms with E-state index in [2.05, 4.69) is 25.4 Å². The van der Waals surface area contributed by atoms with Crippen molar-refractivity contribution in [3.05, 3.63) is 0 Å². The summed E-state index contributed by atoms with van der Waals surface area (Å²) in [6.45, 7) is 2.22. The normalized spacial score (nSPS) is 11.0. The third-order valence-electron chi connectivity index (χ3n) is 1.06. The molecule has 2 heteroatoms. The van der Waals surface area contributed by atoms with Crippen LogP contribution in [0.4, 0.5) is 0 Å². The Hall–Kier alpha value is 0.860. The first-order valence-electron chi connectivity index (χ1n) is 2.77. The van der Waals surface area contributed by atoms with Gasteiger partial charge in [-0.25, -0.2) is 0 Å². The van der Waals surface area contributed by atoms with Crippen molar-refractivity contribution in [1.82, 2.24) is 0 Å². The molecule has 9 heavy (non-hydrogen) atoms. The van der Waals surface area contributed by atoms with Gasteiger partial charge in [0, 0.05) is 0 Å². The van der Waals surface area contributed by atoms with Crippen molar-refractivity contribution in [2.45, 2.75) is 40.3 Å². The Morgan fingerprint density at radius 1 is 1.33 bits per heavy atom. The van der Waals surface area contributed by atoms with Crippen LogP contribution in [0.2, 0.25) is 0 Å². The van der Waals surface area contributed by atoms with Gasteiger partial charge >= 0.3 is 0 Å². The summed E-state index contributed by atoms with van der Waals surface area (Å²) in [6.07, 6.45) is 3.85. The monoisotopic (exact) mass is 168 g/mol. The number of hydrogen-bond acceptors (Lipinski definition) is 0. The van der Waals surface area contributed by atoms with Crippen LogP contribution in [0.15, 0.2) is 0 Å². The summed E-state index contributed by atoms with van der Waals surface area (Å²) in [7, 11) is 5.58. The van der Waals surface area contributed by atoms with Crippen LogP contribution in [0, 0.1) is 0 Å². The fraction of sp³-hybridized carbons (Fsp3) is 1.00. The summed E-state index contributed by atoms with van der Waals surface area (Å²) < 4.78 is 0. The maximum atomic E-state index is 2.84. The van der Waals surface area contributed by atoms with Crippen molar-refractivity contribution in [3.8, 4) is 0 Å². The number of hydrogen-bond donors (Lipinski definition) is 0. The lowest BCUT2D eigenvalue weighted by molar-refractivity contribution is 0.800. The van der Waals surface area contributed by atoms with Gasteiger partial charge in [0.1, 0.15) is 0 Å². The van der Waals surface area contributed by atoms with Crippen molar-refractivity contribution in [2.24, 2.45) is 0 Å². The second-order valence-electron chi connectivity index (χ2n) is 1.75. The highest BCUT2D eigenvalue weighted by molar-refractivity contribution is 7.18. The molecule has 0 aromatic heterocycles. The Bertz CT molecular complexity index is 37.9. The molecule has 0 aliphatic rings. The van der Waals surface area contributed by atoms with Gasteiger partial charge in [-0.15, -0.1) is 18.5 Å². The van der Waals surface area contributed by atoms with E-state index in [0.717, 1.165) is 5.66 Å². The summed E-state index contributed by atoms with van der Waals surface area (Å²) in [6, 6.07) is 0. The van der Waals surface area contributed by atoms with Crippen LogP contribution in [-0.2, 0) is 0 Å². The average Bonchev–Trinajstić information content (AvgIpc) is 1.68. The molecule has 0 nitrogen and oxygen atoms in total. The predicted octanol–water partition coefficient (Wildman–Crippen LogP) is 3.18. The summed E-state index contributed by atoms with van der Waals surface area (Å²) in [5.74, 6) is 0. The molecule has 0 bridgehead atoms. The molecule has 0 aliphatic heterocycles. The molecule has 0 spiro atoms. The summed E-state index contributed by atoms with van der Waals surface area (Å²) in [5.41, 5.74) is 0.845. The van der Waals surface area contributed by atoms with E-state index in [0.29, 0.717) is 0 Å². The maximum absolute atomic E-state index is 2.84.